The number of nitrogens with zero attached hydrogens (tertiary/aromatic N) is 1. The number of carboxylic acids is 1. The molecule has 1 aliphatic carbocycles. The Morgan fingerprint density at radius 1 is 0.962 bits per heavy atom. The standard InChI is InChI=1S/C23H25NO2/c25-23(26)19-11-14-24(15-12-19)16-13-22-20-7-3-1-5-17(20)9-10-18-6-2-4-8-21(18)22/h1-8,13,19H,9-12,14-16H2,(H,25,26). The van der Waals surface area contributed by atoms with Crippen LogP contribution in [0.4, 0.5) is 0 Å². The molecule has 1 heterocycles. The summed E-state index contributed by atoms with van der Waals surface area (Å²) >= 11 is 0. The Kier molecular flexibility index (Phi) is 4.89. The van der Waals surface area contributed by atoms with Crippen LogP contribution in [0.1, 0.15) is 35.1 Å². The van der Waals surface area contributed by atoms with Crippen molar-refractivity contribution in [3.05, 3.63) is 76.9 Å². The van der Waals surface area contributed by atoms with Crippen molar-refractivity contribution in [1.29, 1.82) is 0 Å². The molecule has 1 N–H and O–H groups in total. The highest BCUT2D eigenvalue weighted by Gasteiger charge is 2.24. The average molecular weight is 347 g/mol. The number of likely N-dealkylation sites (tertiary alicyclic amines) is 1. The fraction of sp³-hybridized carbons (Fsp3) is 0.348. The molecule has 26 heavy (non-hydrogen) atoms. The fourth-order valence-electron chi connectivity index (χ4n) is 4.22. The molecule has 0 atom stereocenters. The van der Waals surface area contributed by atoms with Gasteiger partial charge in [-0.3, -0.25) is 9.69 Å². The number of rotatable bonds is 3. The van der Waals surface area contributed by atoms with Crippen LogP contribution in [0.3, 0.4) is 0 Å². The Balaban J connectivity index is 1.61. The van der Waals surface area contributed by atoms with Crippen LogP contribution < -0.4 is 0 Å². The first-order chi connectivity index (χ1) is 12.7. The molecule has 1 aliphatic heterocycles. The maximum Gasteiger partial charge on any atom is 0.306 e. The summed E-state index contributed by atoms with van der Waals surface area (Å²) in [4.78, 5) is 13.5. The number of carbonyl (C=O) groups is 1. The van der Waals surface area contributed by atoms with Gasteiger partial charge in [-0.05, 0) is 66.6 Å². The van der Waals surface area contributed by atoms with Gasteiger partial charge in [0.05, 0.1) is 5.92 Å². The van der Waals surface area contributed by atoms with Gasteiger partial charge < -0.3 is 5.11 Å². The van der Waals surface area contributed by atoms with E-state index in [0.29, 0.717) is 0 Å². The van der Waals surface area contributed by atoms with E-state index >= 15 is 0 Å². The van der Waals surface area contributed by atoms with Crippen LogP contribution in [0.25, 0.3) is 5.57 Å². The van der Waals surface area contributed by atoms with Crippen molar-refractivity contribution >= 4 is 11.5 Å². The van der Waals surface area contributed by atoms with Gasteiger partial charge in [0.25, 0.3) is 0 Å². The molecule has 4 rings (SSSR count). The van der Waals surface area contributed by atoms with Gasteiger partial charge in [-0.1, -0.05) is 54.6 Å². The van der Waals surface area contributed by atoms with E-state index in [4.69, 9.17) is 0 Å². The summed E-state index contributed by atoms with van der Waals surface area (Å²) in [5, 5.41) is 9.18. The first-order valence-corrected chi connectivity index (χ1v) is 9.54. The third-order valence-corrected chi connectivity index (χ3v) is 5.77. The molecule has 134 valence electrons. The van der Waals surface area contributed by atoms with Gasteiger partial charge in [-0.2, -0.15) is 0 Å². The number of carboxylic acid groups (broad SMARTS) is 1. The van der Waals surface area contributed by atoms with Crippen molar-refractivity contribution in [1.82, 2.24) is 4.90 Å². The average Bonchev–Trinajstić information content (AvgIpc) is 2.84. The molecule has 3 nitrogen and oxygen atoms in total. The molecule has 0 spiro atoms. The minimum Gasteiger partial charge on any atom is -0.481 e. The summed E-state index contributed by atoms with van der Waals surface area (Å²) in [6.07, 6.45) is 6.02. The highest BCUT2D eigenvalue weighted by molar-refractivity contribution is 5.84. The summed E-state index contributed by atoms with van der Waals surface area (Å²) in [5.74, 6) is -0.812. The molecule has 2 aromatic rings. The zero-order chi connectivity index (χ0) is 17.9. The maximum atomic E-state index is 11.1. The minimum atomic E-state index is -0.644. The fourth-order valence-corrected chi connectivity index (χ4v) is 4.22. The first-order valence-electron chi connectivity index (χ1n) is 9.54. The third-order valence-electron chi connectivity index (χ3n) is 5.77. The molecule has 0 radical (unpaired) electrons. The molecule has 0 amide bonds. The molecule has 1 saturated heterocycles. The smallest absolute Gasteiger partial charge is 0.306 e. The van der Waals surface area contributed by atoms with Crippen molar-refractivity contribution in [3.63, 3.8) is 0 Å². The molecular weight excluding hydrogens is 322 g/mol. The van der Waals surface area contributed by atoms with Crippen LogP contribution in [0.5, 0.6) is 0 Å². The lowest BCUT2D eigenvalue weighted by atomic mass is 9.93. The van der Waals surface area contributed by atoms with E-state index in [-0.39, 0.29) is 5.92 Å². The molecule has 2 aliphatic rings. The molecule has 3 heteroatoms. The van der Waals surface area contributed by atoms with Crippen molar-refractivity contribution in [3.8, 4) is 0 Å². The predicted molar refractivity (Wildman–Crippen MR) is 104 cm³/mol. The predicted octanol–water partition coefficient (Wildman–Crippen LogP) is 4.01. The normalized spacial score (nSPS) is 17.9. The van der Waals surface area contributed by atoms with Crippen molar-refractivity contribution in [2.24, 2.45) is 5.92 Å². The molecule has 1 fully saturated rings. The monoisotopic (exact) mass is 347 g/mol. The zero-order valence-corrected chi connectivity index (χ0v) is 15.0. The molecule has 0 unspecified atom stereocenters. The largest absolute Gasteiger partial charge is 0.481 e. The van der Waals surface area contributed by atoms with Crippen LogP contribution >= 0.6 is 0 Å². The Hall–Kier alpha value is -2.39. The summed E-state index contributed by atoms with van der Waals surface area (Å²) in [5.41, 5.74) is 6.85. The number of aryl methyl sites for hydroxylation is 2. The molecule has 0 saturated carbocycles. The summed E-state index contributed by atoms with van der Waals surface area (Å²) in [7, 11) is 0. The Morgan fingerprint density at radius 2 is 1.50 bits per heavy atom. The number of benzene rings is 2. The number of aliphatic carboxylic acids is 1. The van der Waals surface area contributed by atoms with Crippen LogP contribution in [-0.4, -0.2) is 35.6 Å². The maximum absolute atomic E-state index is 11.1. The first kappa shape index (κ1) is 17.0. The highest BCUT2D eigenvalue weighted by Crippen LogP contribution is 2.33. The van der Waals surface area contributed by atoms with E-state index in [1.54, 1.807) is 0 Å². The van der Waals surface area contributed by atoms with Gasteiger partial charge in [-0.15, -0.1) is 0 Å². The van der Waals surface area contributed by atoms with E-state index in [1.165, 1.54) is 27.8 Å². The van der Waals surface area contributed by atoms with Gasteiger partial charge in [0.2, 0.25) is 0 Å². The summed E-state index contributed by atoms with van der Waals surface area (Å²) < 4.78 is 0. The van der Waals surface area contributed by atoms with Gasteiger partial charge in [0.1, 0.15) is 0 Å². The second kappa shape index (κ2) is 7.46. The minimum absolute atomic E-state index is 0.168. The molecule has 2 aromatic carbocycles. The molecule has 0 bridgehead atoms. The summed E-state index contributed by atoms with van der Waals surface area (Å²) in [6.45, 7) is 2.61. The van der Waals surface area contributed by atoms with E-state index < -0.39 is 5.97 Å². The van der Waals surface area contributed by atoms with Gasteiger partial charge in [-0.25, -0.2) is 0 Å². The lowest BCUT2D eigenvalue weighted by molar-refractivity contribution is -0.143. The summed E-state index contributed by atoms with van der Waals surface area (Å²) in [6, 6.07) is 17.5. The third kappa shape index (κ3) is 3.45. The van der Waals surface area contributed by atoms with E-state index in [9.17, 15) is 9.90 Å². The van der Waals surface area contributed by atoms with Crippen LogP contribution in [-0.2, 0) is 17.6 Å². The van der Waals surface area contributed by atoms with Crippen LogP contribution in [0.2, 0.25) is 0 Å². The Labute approximate surface area is 155 Å². The van der Waals surface area contributed by atoms with Crippen LogP contribution in [0.15, 0.2) is 54.6 Å². The van der Waals surface area contributed by atoms with Gasteiger partial charge >= 0.3 is 5.97 Å². The second-order valence-corrected chi connectivity index (χ2v) is 7.35. The lowest BCUT2D eigenvalue weighted by Crippen LogP contribution is -2.36. The number of hydrogen-bond acceptors (Lipinski definition) is 2. The topological polar surface area (TPSA) is 40.5 Å². The number of fused-ring (bicyclic) bond motifs is 2. The highest BCUT2D eigenvalue weighted by atomic mass is 16.4. The number of piperidine rings is 1. The second-order valence-electron chi connectivity index (χ2n) is 7.35. The van der Waals surface area contributed by atoms with Crippen molar-refractivity contribution in [2.45, 2.75) is 25.7 Å². The molecule has 0 aromatic heterocycles. The van der Waals surface area contributed by atoms with Crippen molar-refractivity contribution < 1.29 is 9.90 Å². The van der Waals surface area contributed by atoms with E-state index in [1.807, 2.05) is 0 Å². The quantitative estimate of drug-likeness (QED) is 0.912. The van der Waals surface area contributed by atoms with Gasteiger partial charge in [0.15, 0.2) is 0 Å². The number of hydrogen-bond donors (Lipinski definition) is 1. The van der Waals surface area contributed by atoms with Gasteiger partial charge in [0, 0.05) is 6.54 Å². The SMILES string of the molecule is O=C(O)C1CCN(CC=C2c3ccccc3CCc3ccccc32)CC1. The Morgan fingerprint density at radius 3 is 2.04 bits per heavy atom. The zero-order valence-electron chi connectivity index (χ0n) is 15.0. The lowest BCUT2D eigenvalue weighted by Gasteiger charge is -2.29. The van der Waals surface area contributed by atoms with Crippen LogP contribution in [0, 0.1) is 5.92 Å². The van der Waals surface area contributed by atoms with E-state index in [0.717, 1.165) is 45.3 Å². The molecular formula is C23H25NO2. The van der Waals surface area contributed by atoms with Crippen molar-refractivity contribution in [2.75, 3.05) is 19.6 Å². The van der Waals surface area contributed by atoms with E-state index in [2.05, 4.69) is 59.5 Å². The Bertz CT molecular complexity index is 782.